The quantitative estimate of drug-likeness (QED) is 0.800. The lowest BCUT2D eigenvalue weighted by Gasteiger charge is -2.05. The third-order valence-electron chi connectivity index (χ3n) is 1.64. The molecule has 1 aromatic carbocycles. The Labute approximate surface area is 107 Å². The Morgan fingerprint density at radius 1 is 1.38 bits per heavy atom. The fourth-order valence-corrected chi connectivity index (χ4v) is 3.61. The summed E-state index contributed by atoms with van der Waals surface area (Å²) >= 11 is 12.6. The first-order chi connectivity index (χ1) is 7.46. The molecule has 86 valence electrons. The lowest BCUT2D eigenvalue weighted by atomic mass is 10.3. The van der Waals surface area contributed by atoms with Gasteiger partial charge in [-0.25, -0.2) is 8.42 Å². The zero-order chi connectivity index (χ0) is 11.8. The molecule has 0 bridgehead atoms. The van der Waals surface area contributed by atoms with Crippen LogP contribution in [0.2, 0.25) is 10.0 Å². The Kier molecular flexibility index (Phi) is 3.34. The average Bonchev–Trinajstić information content (AvgIpc) is 2.51. The normalized spacial score (nSPS) is 18.2. The van der Waals surface area contributed by atoms with Crippen molar-refractivity contribution in [1.29, 1.82) is 0 Å². The topological polar surface area (TPSA) is 55.7 Å². The number of benzene rings is 1. The number of ether oxygens (including phenoxy) is 1. The van der Waals surface area contributed by atoms with E-state index in [0.29, 0.717) is 15.8 Å². The molecule has 1 aliphatic heterocycles. The standard InChI is InChI=1S/C8H5Cl2NO3S2/c9-5-1-2-7(6(10)3-5)14-8-11-16(12,13)4-15-8/h1-3H,4H2. The first kappa shape index (κ1) is 12.0. The maximum atomic E-state index is 11.0. The van der Waals surface area contributed by atoms with Crippen LogP contribution in [-0.4, -0.2) is 18.7 Å². The number of rotatable bonds is 1. The zero-order valence-corrected chi connectivity index (χ0v) is 10.8. The molecule has 0 unspecified atom stereocenters. The second-order valence-corrected chi connectivity index (χ2v) is 6.65. The molecule has 0 fully saturated rings. The largest absolute Gasteiger partial charge is 0.432 e. The SMILES string of the molecule is O=S1(=O)CSC(Oc2ccc(Cl)cc2Cl)=N1. The summed E-state index contributed by atoms with van der Waals surface area (Å²) in [5, 5.41) is 0.753. The predicted molar refractivity (Wildman–Crippen MR) is 65.9 cm³/mol. The van der Waals surface area contributed by atoms with Gasteiger partial charge < -0.3 is 4.74 Å². The van der Waals surface area contributed by atoms with Crippen molar-refractivity contribution in [3.63, 3.8) is 0 Å². The molecule has 1 aromatic rings. The van der Waals surface area contributed by atoms with Gasteiger partial charge in [-0.3, -0.25) is 0 Å². The molecule has 16 heavy (non-hydrogen) atoms. The van der Waals surface area contributed by atoms with Crippen LogP contribution < -0.4 is 4.74 Å². The summed E-state index contributed by atoms with van der Waals surface area (Å²) in [5.41, 5.74) is 0. The van der Waals surface area contributed by atoms with Gasteiger partial charge >= 0.3 is 0 Å². The lowest BCUT2D eigenvalue weighted by Crippen LogP contribution is -2.00. The first-order valence-corrected chi connectivity index (χ1v) is 7.40. The van der Waals surface area contributed by atoms with Crippen LogP contribution in [0.3, 0.4) is 0 Å². The van der Waals surface area contributed by atoms with Crippen molar-refractivity contribution in [3.05, 3.63) is 28.2 Å². The van der Waals surface area contributed by atoms with Gasteiger partial charge in [0.1, 0.15) is 10.8 Å². The maximum absolute atomic E-state index is 11.0. The Morgan fingerprint density at radius 2 is 2.12 bits per heavy atom. The lowest BCUT2D eigenvalue weighted by molar-refractivity contribution is 0.566. The van der Waals surface area contributed by atoms with Gasteiger partial charge in [0, 0.05) is 5.02 Å². The van der Waals surface area contributed by atoms with Gasteiger partial charge in [0.05, 0.1) is 5.02 Å². The average molecular weight is 298 g/mol. The van der Waals surface area contributed by atoms with E-state index in [2.05, 4.69) is 4.40 Å². The van der Waals surface area contributed by atoms with E-state index < -0.39 is 10.0 Å². The predicted octanol–water partition coefficient (Wildman–Crippen LogP) is 2.76. The fraction of sp³-hybridized carbons (Fsp3) is 0.125. The molecule has 0 radical (unpaired) electrons. The van der Waals surface area contributed by atoms with Crippen molar-refractivity contribution in [2.75, 3.05) is 5.08 Å². The van der Waals surface area contributed by atoms with E-state index in [-0.39, 0.29) is 10.3 Å². The molecular weight excluding hydrogens is 293 g/mol. The summed E-state index contributed by atoms with van der Waals surface area (Å²) in [4.78, 5) is 0. The highest BCUT2D eigenvalue weighted by Crippen LogP contribution is 2.30. The van der Waals surface area contributed by atoms with Crippen molar-refractivity contribution in [2.45, 2.75) is 0 Å². The van der Waals surface area contributed by atoms with E-state index in [4.69, 9.17) is 27.9 Å². The van der Waals surface area contributed by atoms with E-state index in [9.17, 15) is 8.42 Å². The van der Waals surface area contributed by atoms with Gasteiger partial charge in [0.15, 0.2) is 0 Å². The molecule has 0 aliphatic carbocycles. The number of sulfonamides is 1. The summed E-state index contributed by atoms with van der Waals surface area (Å²) < 4.78 is 30.7. The van der Waals surface area contributed by atoms with E-state index in [1.807, 2.05) is 0 Å². The first-order valence-electron chi connectivity index (χ1n) is 4.05. The minimum Gasteiger partial charge on any atom is -0.432 e. The minimum absolute atomic E-state index is 0.0734. The molecule has 4 nitrogen and oxygen atoms in total. The summed E-state index contributed by atoms with van der Waals surface area (Å²) in [5.74, 6) is 0.328. The number of hydrogen-bond acceptors (Lipinski definition) is 4. The molecule has 0 atom stereocenters. The van der Waals surface area contributed by atoms with Crippen LogP contribution in [0.4, 0.5) is 0 Å². The summed E-state index contributed by atoms with van der Waals surface area (Å²) in [6, 6.07) is 4.66. The van der Waals surface area contributed by atoms with Crippen molar-refractivity contribution in [3.8, 4) is 5.75 Å². The molecule has 1 aliphatic rings. The molecule has 0 N–H and O–H groups in total. The minimum atomic E-state index is -3.38. The third-order valence-corrected chi connectivity index (χ3v) is 4.81. The van der Waals surface area contributed by atoms with Crippen molar-refractivity contribution in [1.82, 2.24) is 0 Å². The second kappa shape index (κ2) is 4.44. The van der Waals surface area contributed by atoms with E-state index >= 15 is 0 Å². The molecule has 0 amide bonds. The van der Waals surface area contributed by atoms with Crippen molar-refractivity contribution >= 4 is 50.2 Å². The van der Waals surface area contributed by atoms with Gasteiger partial charge in [-0.05, 0) is 30.0 Å². The molecule has 2 rings (SSSR count). The fourth-order valence-electron chi connectivity index (χ4n) is 0.991. The Morgan fingerprint density at radius 3 is 2.69 bits per heavy atom. The van der Waals surface area contributed by atoms with Gasteiger partial charge in [-0.2, -0.15) is 0 Å². The van der Waals surface area contributed by atoms with Crippen LogP contribution in [0, 0.1) is 0 Å². The maximum Gasteiger partial charge on any atom is 0.268 e. The van der Waals surface area contributed by atoms with Crippen LogP contribution in [0.15, 0.2) is 22.6 Å². The second-order valence-electron chi connectivity index (χ2n) is 2.88. The van der Waals surface area contributed by atoms with E-state index in [1.54, 1.807) is 12.1 Å². The van der Waals surface area contributed by atoms with Crippen LogP contribution in [0.1, 0.15) is 0 Å². The van der Waals surface area contributed by atoms with Crippen molar-refractivity contribution in [2.24, 2.45) is 4.40 Å². The zero-order valence-electron chi connectivity index (χ0n) is 7.68. The van der Waals surface area contributed by atoms with Crippen LogP contribution >= 0.6 is 35.0 Å². The Balaban J connectivity index is 2.23. The van der Waals surface area contributed by atoms with Crippen LogP contribution in [0.5, 0.6) is 5.75 Å². The van der Waals surface area contributed by atoms with E-state index in [1.165, 1.54) is 6.07 Å². The summed E-state index contributed by atoms with van der Waals surface area (Å²) in [6.45, 7) is 0. The van der Waals surface area contributed by atoms with Crippen LogP contribution in [-0.2, 0) is 10.0 Å². The van der Waals surface area contributed by atoms with E-state index in [0.717, 1.165) is 11.8 Å². The molecule has 1 heterocycles. The Bertz CT molecular complexity index is 556. The van der Waals surface area contributed by atoms with Gasteiger partial charge in [0.2, 0.25) is 0 Å². The highest BCUT2D eigenvalue weighted by atomic mass is 35.5. The number of thioether (sulfide) groups is 1. The molecule has 0 saturated carbocycles. The summed E-state index contributed by atoms with van der Waals surface area (Å²) in [7, 11) is -3.38. The van der Waals surface area contributed by atoms with Gasteiger partial charge in [-0.1, -0.05) is 23.2 Å². The molecule has 0 saturated heterocycles. The molecular formula is C8H5Cl2NO3S2. The number of hydrogen-bond donors (Lipinski definition) is 0. The highest BCUT2D eigenvalue weighted by molar-refractivity contribution is 8.24. The van der Waals surface area contributed by atoms with Crippen molar-refractivity contribution < 1.29 is 13.2 Å². The summed E-state index contributed by atoms with van der Waals surface area (Å²) in [6.07, 6.45) is 0. The molecule has 0 spiro atoms. The smallest absolute Gasteiger partial charge is 0.268 e. The van der Waals surface area contributed by atoms with Crippen LogP contribution in [0.25, 0.3) is 0 Å². The van der Waals surface area contributed by atoms with Gasteiger partial charge in [-0.15, -0.1) is 4.40 Å². The third kappa shape index (κ3) is 2.82. The highest BCUT2D eigenvalue weighted by Gasteiger charge is 2.23. The molecule has 8 heteroatoms. The monoisotopic (exact) mass is 297 g/mol. The molecule has 0 aromatic heterocycles. The van der Waals surface area contributed by atoms with Gasteiger partial charge in [0.25, 0.3) is 15.3 Å². The number of nitrogens with zero attached hydrogens (tertiary/aromatic N) is 1. The number of halogens is 2. The Hall–Kier alpha value is -0.430.